The average molecular weight is 422 g/mol. The number of amides is 1. The van der Waals surface area contributed by atoms with Crippen LogP contribution in [0.5, 0.6) is 11.5 Å². The molecule has 0 bridgehead atoms. The predicted octanol–water partition coefficient (Wildman–Crippen LogP) is 3.28. The Morgan fingerprint density at radius 3 is 2.68 bits per heavy atom. The van der Waals surface area contributed by atoms with Crippen molar-refractivity contribution < 1.29 is 14.3 Å². The number of methoxy groups -OCH3 is 2. The zero-order chi connectivity index (χ0) is 22.0. The van der Waals surface area contributed by atoms with Crippen LogP contribution in [0.25, 0.3) is 11.0 Å². The Balaban J connectivity index is 1.66. The van der Waals surface area contributed by atoms with E-state index in [4.69, 9.17) is 9.47 Å². The number of hydrogen-bond acceptors (Lipinski definition) is 6. The Bertz CT molecular complexity index is 1190. The number of pyridine rings is 1. The maximum absolute atomic E-state index is 13.2. The lowest BCUT2D eigenvalue weighted by Crippen LogP contribution is -2.33. The number of carbonyl (C=O) groups excluding carboxylic acids is 1. The standard InChI is InChI=1S/C23H26N4O4/c1-4-18(22(28)25-15-9-10-19(30-2)20(12-15)31-3)27-13-24-21-16(23(27)29)11-14-7-5-6-8-17(14)26-21/h9-13,18H,4-8H2,1-3H3,(H,25,28)/t18-/m1/s1. The zero-order valence-electron chi connectivity index (χ0n) is 18.0. The number of nitrogens with zero attached hydrogens (tertiary/aromatic N) is 3. The predicted molar refractivity (Wildman–Crippen MR) is 118 cm³/mol. The molecule has 0 aliphatic heterocycles. The number of aryl methyl sites for hydroxylation is 2. The summed E-state index contributed by atoms with van der Waals surface area (Å²) in [5, 5.41) is 3.32. The monoisotopic (exact) mass is 422 g/mol. The van der Waals surface area contributed by atoms with Crippen LogP contribution in [-0.2, 0) is 17.6 Å². The van der Waals surface area contributed by atoms with Gasteiger partial charge in [-0.3, -0.25) is 14.2 Å². The quantitative estimate of drug-likeness (QED) is 0.655. The van der Waals surface area contributed by atoms with Gasteiger partial charge in [0.25, 0.3) is 5.56 Å². The molecule has 0 unspecified atom stereocenters. The molecule has 0 fully saturated rings. The van der Waals surface area contributed by atoms with Gasteiger partial charge in [0.05, 0.1) is 19.6 Å². The lowest BCUT2D eigenvalue weighted by atomic mass is 9.95. The van der Waals surface area contributed by atoms with Crippen molar-refractivity contribution in [2.24, 2.45) is 0 Å². The Morgan fingerprint density at radius 1 is 1.16 bits per heavy atom. The van der Waals surface area contributed by atoms with Crippen LogP contribution in [0.2, 0.25) is 0 Å². The first-order valence-electron chi connectivity index (χ1n) is 10.5. The first-order chi connectivity index (χ1) is 15.0. The highest BCUT2D eigenvalue weighted by molar-refractivity contribution is 5.94. The summed E-state index contributed by atoms with van der Waals surface area (Å²) in [6.07, 6.45) is 5.90. The highest BCUT2D eigenvalue weighted by Gasteiger charge is 2.23. The third kappa shape index (κ3) is 3.97. The molecule has 8 heteroatoms. The van der Waals surface area contributed by atoms with E-state index in [0.29, 0.717) is 34.6 Å². The summed E-state index contributed by atoms with van der Waals surface area (Å²) in [5.41, 5.74) is 2.88. The number of hydrogen-bond donors (Lipinski definition) is 1. The van der Waals surface area contributed by atoms with Gasteiger partial charge >= 0.3 is 0 Å². The molecule has 3 aromatic rings. The van der Waals surface area contributed by atoms with Crippen LogP contribution in [0, 0.1) is 0 Å². The minimum atomic E-state index is -0.700. The van der Waals surface area contributed by atoms with E-state index < -0.39 is 6.04 Å². The third-order valence-electron chi connectivity index (χ3n) is 5.73. The van der Waals surface area contributed by atoms with Crippen LogP contribution in [0.4, 0.5) is 5.69 Å². The fraction of sp³-hybridized carbons (Fsp3) is 0.391. The molecule has 1 atom stereocenters. The van der Waals surface area contributed by atoms with Crippen molar-refractivity contribution in [3.8, 4) is 11.5 Å². The highest BCUT2D eigenvalue weighted by atomic mass is 16.5. The first kappa shape index (κ1) is 20.8. The molecule has 8 nitrogen and oxygen atoms in total. The van der Waals surface area contributed by atoms with Gasteiger partial charge in [-0.25, -0.2) is 9.97 Å². The molecule has 1 aliphatic carbocycles. The van der Waals surface area contributed by atoms with Crippen LogP contribution in [0.15, 0.2) is 35.4 Å². The van der Waals surface area contributed by atoms with Gasteiger partial charge in [0.2, 0.25) is 5.91 Å². The van der Waals surface area contributed by atoms with Gasteiger partial charge in [-0.2, -0.15) is 0 Å². The number of anilines is 1. The van der Waals surface area contributed by atoms with Crippen molar-refractivity contribution in [1.82, 2.24) is 14.5 Å². The Labute approximate surface area is 180 Å². The van der Waals surface area contributed by atoms with Gasteiger partial charge < -0.3 is 14.8 Å². The molecule has 1 amide bonds. The normalized spacial score (nSPS) is 14.0. The van der Waals surface area contributed by atoms with E-state index in [9.17, 15) is 9.59 Å². The summed E-state index contributed by atoms with van der Waals surface area (Å²) < 4.78 is 11.9. The summed E-state index contributed by atoms with van der Waals surface area (Å²) in [6, 6.07) is 6.33. The van der Waals surface area contributed by atoms with Gasteiger partial charge in [-0.1, -0.05) is 6.92 Å². The minimum Gasteiger partial charge on any atom is -0.493 e. The molecule has 162 valence electrons. The second kappa shape index (κ2) is 8.75. The first-order valence-corrected chi connectivity index (χ1v) is 10.5. The molecule has 4 rings (SSSR count). The highest BCUT2D eigenvalue weighted by Crippen LogP contribution is 2.30. The van der Waals surface area contributed by atoms with Gasteiger partial charge in [0.15, 0.2) is 17.1 Å². The average Bonchev–Trinajstić information content (AvgIpc) is 2.80. The fourth-order valence-corrected chi connectivity index (χ4v) is 4.06. The molecular formula is C23H26N4O4. The topological polar surface area (TPSA) is 95.3 Å². The number of benzene rings is 1. The number of fused-ring (bicyclic) bond motifs is 2. The Kier molecular flexibility index (Phi) is 5.88. The second-order valence-electron chi connectivity index (χ2n) is 7.61. The molecule has 1 N–H and O–H groups in total. The second-order valence-corrected chi connectivity index (χ2v) is 7.61. The summed E-state index contributed by atoms with van der Waals surface area (Å²) in [4.78, 5) is 35.2. The number of aromatic nitrogens is 3. The van der Waals surface area contributed by atoms with Gasteiger partial charge in [-0.15, -0.1) is 0 Å². The number of carbonyl (C=O) groups is 1. The van der Waals surface area contributed by atoms with E-state index in [0.717, 1.165) is 36.9 Å². The minimum absolute atomic E-state index is 0.250. The number of rotatable bonds is 6. The van der Waals surface area contributed by atoms with E-state index in [-0.39, 0.29) is 11.5 Å². The molecule has 1 aromatic carbocycles. The maximum Gasteiger partial charge on any atom is 0.263 e. The summed E-state index contributed by atoms with van der Waals surface area (Å²) in [7, 11) is 3.08. The molecule has 0 saturated carbocycles. The Hall–Kier alpha value is -3.42. The number of ether oxygens (including phenoxy) is 2. The summed E-state index contributed by atoms with van der Waals surface area (Å²) in [5.74, 6) is 0.774. The van der Waals surface area contributed by atoms with E-state index in [1.54, 1.807) is 25.3 Å². The molecule has 1 aliphatic rings. The van der Waals surface area contributed by atoms with Crippen LogP contribution < -0.4 is 20.3 Å². The van der Waals surface area contributed by atoms with Gasteiger partial charge in [0.1, 0.15) is 12.4 Å². The molecule has 31 heavy (non-hydrogen) atoms. The van der Waals surface area contributed by atoms with E-state index >= 15 is 0 Å². The van der Waals surface area contributed by atoms with Gasteiger partial charge in [0, 0.05) is 17.4 Å². The van der Waals surface area contributed by atoms with Crippen molar-refractivity contribution >= 4 is 22.6 Å². The lowest BCUT2D eigenvalue weighted by molar-refractivity contribution is -0.119. The van der Waals surface area contributed by atoms with Crippen LogP contribution in [0.3, 0.4) is 0 Å². The molecule has 2 aromatic heterocycles. The molecule has 2 heterocycles. The molecule has 0 saturated heterocycles. The fourth-order valence-electron chi connectivity index (χ4n) is 4.06. The molecule has 0 radical (unpaired) electrons. The maximum atomic E-state index is 13.2. The van der Waals surface area contributed by atoms with Crippen molar-refractivity contribution in [2.75, 3.05) is 19.5 Å². The van der Waals surface area contributed by atoms with Gasteiger partial charge in [-0.05, 0) is 55.9 Å². The molecular weight excluding hydrogens is 396 g/mol. The van der Waals surface area contributed by atoms with Crippen molar-refractivity contribution in [2.45, 2.75) is 45.1 Å². The number of nitrogens with one attached hydrogen (secondary N) is 1. The van der Waals surface area contributed by atoms with Crippen LogP contribution in [0.1, 0.15) is 43.5 Å². The van der Waals surface area contributed by atoms with Crippen molar-refractivity contribution in [3.63, 3.8) is 0 Å². The summed E-state index contributed by atoms with van der Waals surface area (Å²) in [6.45, 7) is 1.86. The SMILES string of the molecule is CC[C@H](C(=O)Nc1ccc(OC)c(OC)c1)n1cnc2nc3c(cc2c1=O)CCCC3. The van der Waals surface area contributed by atoms with Crippen LogP contribution >= 0.6 is 0 Å². The van der Waals surface area contributed by atoms with Crippen molar-refractivity contribution in [1.29, 1.82) is 0 Å². The molecule has 0 spiro atoms. The zero-order valence-corrected chi connectivity index (χ0v) is 18.0. The van der Waals surface area contributed by atoms with Crippen LogP contribution in [-0.4, -0.2) is 34.7 Å². The Morgan fingerprint density at radius 2 is 1.94 bits per heavy atom. The lowest BCUT2D eigenvalue weighted by Gasteiger charge is -2.19. The third-order valence-corrected chi connectivity index (χ3v) is 5.73. The smallest absolute Gasteiger partial charge is 0.263 e. The summed E-state index contributed by atoms with van der Waals surface area (Å²) >= 11 is 0. The van der Waals surface area contributed by atoms with E-state index in [2.05, 4.69) is 15.3 Å². The largest absolute Gasteiger partial charge is 0.493 e. The van der Waals surface area contributed by atoms with E-state index in [1.165, 1.54) is 18.0 Å². The van der Waals surface area contributed by atoms with E-state index in [1.807, 2.05) is 13.0 Å². The van der Waals surface area contributed by atoms with Crippen molar-refractivity contribution in [3.05, 3.63) is 52.2 Å².